The van der Waals surface area contributed by atoms with Crippen molar-refractivity contribution < 1.29 is 28.7 Å². The molecule has 0 unspecified atom stereocenters. The molecule has 1 rings (SSSR count). The van der Waals surface area contributed by atoms with Crippen LogP contribution in [0.3, 0.4) is 0 Å². The summed E-state index contributed by atoms with van der Waals surface area (Å²) in [6, 6.07) is 7.54. The summed E-state index contributed by atoms with van der Waals surface area (Å²) in [4.78, 5) is 62.0. The fraction of sp³-hybridized carbons (Fsp3) is 0.560. The van der Waals surface area contributed by atoms with Crippen LogP contribution in [0.2, 0.25) is 0 Å². The minimum Gasteiger partial charge on any atom is -0.464 e. The molecule has 13 heteroatoms. The molecule has 4 N–H and O–H groups in total. The highest BCUT2D eigenvalue weighted by atomic mass is 32.2. The molecule has 1 aromatic rings. The Labute approximate surface area is 232 Å². The van der Waals surface area contributed by atoms with Gasteiger partial charge >= 0.3 is 5.97 Å². The number of thioether (sulfide) groups is 2. The van der Waals surface area contributed by atoms with Crippen LogP contribution in [0, 0.1) is 0 Å². The maximum Gasteiger partial charge on any atom is 0.302 e. The average Bonchev–Trinajstić information content (AvgIpc) is 2.86. The van der Waals surface area contributed by atoms with Crippen LogP contribution in [0.25, 0.3) is 0 Å². The lowest BCUT2D eigenvalue weighted by atomic mass is 10.1. The fourth-order valence-electron chi connectivity index (χ4n) is 3.26. The van der Waals surface area contributed by atoms with E-state index in [0.29, 0.717) is 18.1 Å². The molecule has 0 aliphatic heterocycles. The van der Waals surface area contributed by atoms with Crippen molar-refractivity contribution in [3.8, 4) is 0 Å². The lowest BCUT2D eigenvalue weighted by molar-refractivity contribution is -0.143. The number of hydrogen-bond acceptors (Lipinski definition) is 9. The number of likely N-dealkylation sites (N-methyl/N-ethyl adjacent to an activating group) is 2. The third-order valence-electron chi connectivity index (χ3n) is 5.33. The highest BCUT2D eigenvalue weighted by Gasteiger charge is 2.32. The van der Waals surface area contributed by atoms with Crippen molar-refractivity contribution in [2.24, 2.45) is 0 Å². The SMILES string of the molecule is CN[C@@H](CSCNC(C)=O)C(=O)N(C)[C@H](CSCNC(C)=O)C(=O)N[C@H](COC(C)=O)Cc1ccccc1. The highest BCUT2D eigenvalue weighted by Crippen LogP contribution is 2.13. The van der Waals surface area contributed by atoms with Gasteiger partial charge < -0.3 is 30.9 Å². The van der Waals surface area contributed by atoms with Gasteiger partial charge in [0.05, 0.1) is 23.8 Å². The second kappa shape index (κ2) is 18.5. The zero-order chi connectivity index (χ0) is 28.5. The van der Waals surface area contributed by atoms with Crippen LogP contribution in [-0.2, 0) is 35.1 Å². The van der Waals surface area contributed by atoms with Gasteiger partial charge in [-0.05, 0) is 19.0 Å². The van der Waals surface area contributed by atoms with Gasteiger partial charge in [-0.3, -0.25) is 24.0 Å². The van der Waals surface area contributed by atoms with Crippen LogP contribution >= 0.6 is 23.5 Å². The topological polar surface area (TPSA) is 146 Å². The minimum atomic E-state index is -0.854. The smallest absolute Gasteiger partial charge is 0.302 e. The van der Waals surface area contributed by atoms with E-state index < -0.39 is 30.0 Å². The molecule has 212 valence electrons. The number of benzene rings is 1. The van der Waals surface area contributed by atoms with E-state index in [1.807, 2.05) is 30.3 Å². The van der Waals surface area contributed by atoms with Crippen molar-refractivity contribution in [3.63, 3.8) is 0 Å². The Bertz CT molecular complexity index is 921. The number of nitrogens with one attached hydrogen (secondary N) is 4. The number of amides is 4. The summed E-state index contributed by atoms with van der Waals surface area (Å²) >= 11 is 2.69. The van der Waals surface area contributed by atoms with Gasteiger partial charge in [-0.1, -0.05) is 30.3 Å². The molecule has 0 saturated heterocycles. The number of esters is 1. The maximum atomic E-state index is 13.5. The number of carbonyl (C=O) groups excluding carboxylic acids is 5. The Balaban J connectivity index is 3.00. The van der Waals surface area contributed by atoms with Crippen molar-refractivity contribution in [2.45, 2.75) is 45.3 Å². The first-order valence-corrected chi connectivity index (χ1v) is 14.4. The summed E-state index contributed by atoms with van der Waals surface area (Å²) in [5.74, 6) is -0.241. The van der Waals surface area contributed by atoms with Crippen LogP contribution in [0.4, 0.5) is 0 Å². The summed E-state index contributed by atoms with van der Waals surface area (Å²) in [6.45, 7) is 4.11. The molecular formula is C25H39N5O6S2. The molecule has 4 amide bonds. The van der Waals surface area contributed by atoms with E-state index in [9.17, 15) is 24.0 Å². The second-order valence-electron chi connectivity index (χ2n) is 8.50. The van der Waals surface area contributed by atoms with E-state index >= 15 is 0 Å². The molecule has 38 heavy (non-hydrogen) atoms. The third kappa shape index (κ3) is 13.7. The second-order valence-corrected chi connectivity index (χ2v) is 10.6. The average molecular weight is 570 g/mol. The molecule has 0 heterocycles. The van der Waals surface area contributed by atoms with Crippen LogP contribution in [0.1, 0.15) is 26.3 Å². The highest BCUT2D eigenvalue weighted by molar-refractivity contribution is 7.99. The summed E-state index contributed by atoms with van der Waals surface area (Å²) in [5.41, 5.74) is 0.956. The molecule has 0 radical (unpaired) electrons. The maximum absolute atomic E-state index is 13.5. The van der Waals surface area contributed by atoms with Crippen molar-refractivity contribution in [1.29, 1.82) is 0 Å². The predicted molar refractivity (Wildman–Crippen MR) is 150 cm³/mol. The van der Waals surface area contributed by atoms with E-state index in [4.69, 9.17) is 4.74 Å². The van der Waals surface area contributed by atoms with E-state index in [1.54, 1.807) is 14.1 Å². The van der Waals surface area contributed by atoms with Crippen molar-refractivity contribution in [1.82, 2.24) is 26.2 Å². The molecule has 0 aliphatic rings. The Morgan fingerprint density at radius 3 is 2.03 bits per heavy atom. The molecule has 0 spiro atoms. The predicted octanol–water partition coefficient (Wildman–Crippen LogP) is 0.346. The largest absolute Gasteiger partial charge is 0.464 e. The summed E-state index contributed by atoms with van der Waals surface area (Å²) < 4.78 is 5.19. The van der Waals surface area contributed by atoms with Crippen LogP contribution in [0.5, 0.6) is 0 Å². The normalized spacial score (nSPS) is 13.0. The third-order valence-corrected chi connectivity index (χ3v) is 7.15. The number of ether oxygens (including phenoxy) is 1. The zero-order valence-electron chi connectivity index (χ0n) is 22.6. The summed E-state index contributed by atoms with van der Waals surface area (Å²) in [5, 5.41) is 11.3. The van der Waals surface area contributed by atoms with Crippen LogP contribution < -0.4 is 21.3 Å². The van der Waals surface area contributed by atoms with E-state index in [2.05, 4.69) is 21.3 Å². The molecule has 3 atom stereocenters. The first kappa shape index (κ1) is 33.3. The first-order valence-electron chi connectivity index (χ1n) is 12.1. The molecule has 0 aliphatic carbocycles. The standard InChI is InChI=1S/C25H39N5O6S2/c1-17(31)27-15-37-13-22(26-4)25(35)30(5)23(14-38-16-28-18(2)32)24(34)29-21(12-36-19(3)33)11-20-9-7-6-8-10-20/h6-10,21-23,26H,11-16H2,1-5H3,(H,27,31)(H,28,32)(H,29,34)/t21-,22-,23+/m0/s1. The van der Waals surface area contributed by atoms with Gasteiger partial charge in [-0.25, -0.2) is 0 Å². The lowest BCUT2D eigenvalue weighted by Gasteiger charge is -2.31. The molecule has 0 bridgehead atoms. The summed E-state index contributed by atoms with van der Waals surface area (Å²) in [6.07, 6.45) is 0.433. The molecule has 11 nitrogen and oxygen atoms in total. The van der Waals surface area contributed by atoms with Crippen molar-refractivity contribution >= 4 is 53.1 Å². The van der Waals surface area contributed by atoms with Gasteiger partial charge in [0.2, 0.25) is 23.6 Å². The molecule has 0 saturated carbocycles. The molecular weight excluding hydrogens is 530 g/mol. The quantitative estimate of drug-likeness (QED) is 0.119. The summed E-state index contributed by atoms with van der Waals surface area (Å²) in [7, 11) is 3.22. The Hall–Kier alpha value is -2.77. The number of rotatable bonds is 17. The van der Waals surface area contributed by atoms with Gasteiger partial charge in [0, 0.05) is 39.3 Å². The molecule has 0 fully saturated rings. The molecule has 1 aromatic carbocycles. The fourth-order valence-corrected chi connectivity index (χ4v) is 5.25. The van der Waals surface area contributed by atoms with Gasteiger partial charge in [-0.2, -0.15) is 0 Å². The number of carbonyl (C=O) groups is 5. The van der Waals surface area contributed by atoms with E-state index in [1.165, 1.54) is 49.2 Å². The van der Waals surface area contributed by atoms with E-state index in [-0.39, 0.29) is 36.0 Å². The van der Waals surface area contributed by atoms with Gasteiger partial charge in [-0.15, -0.1) is 23.5 Å². The number of hydrogen-bond donors (Lipinski definition) is 4. The molecule has 0 aromatic heterocycles. The Morgan fingerprint density at radius 2 is 1.50 bits per heavy atom. The van der Waals surface area contributed by atoms with Crippen LogP contribution in [-0.4, -0.2) is 96.6 Å². The Kier molecular flexibility index (Phi) is 16.2. The van der Waals surface area contributed by atoms with Crippen molar-refractivity contribution in [3.05, 3.63) is 35.9 Å². The zero-order valence-corrected chi connectivity index (χ0v) is 24.2. The van der Waals surface area contributed by atoms with Crippen molar-refractivity contribution in [2.75, 3.05) is 44.0 Å². The van der Waals surface area contributed by atoms with E-state index in [0.717, 1.165) is 5.56 Å². The number of nitrogens with zero attached hydrogens (tertiary/aromatic N) is 1. The monoisotopic (exact) mass is 569 g/mol. The van der Waals surface area contributed by atoms with Gasteiger partial charge in [0.25, 0.3) is 0 Å². The minimum absolute atomic E-state index is 0.0156. The van der Waals surface area contributed by atoms with Crippen LogP contribution in [0.15, 0.2) is 30.3 Å². The van der Waals surface area contributed by atoms with Gasteiger partial charge in [0.15, 0.2) is 0 Å². The first-order chi connectivity index (χ1) is 18.0. The van der Waals surface area contributed by atoms with Gasteiger partial charge in [0.1, 0.15) is 12.6 Å². The lowest BCUT2D eigenvalue weighted by Crippen LogP contribution is -2.56. The Morgan fingerprint density at radius 1 is 0.921 bits per heavy atom.